The fourth-order valence-corrected chi connectivity index (χ4v) is 2.38. The Balaban J connectivity index is 1.98. The maximum Gasteiger partial charge on any atom is 0.123 e. The number of aryl methyl sites for hydroxylation is 1. The van der Waals surface area contributed by atoms with Crippen molar-refractivity contribution >= 4 is 0 Å². The van der Waals surface area contributed by atoms with Crippen LogP contribution in [0.25, 0.3) is 22.3 Å². The van der Waals surface area contributed by atoms with E-state index in [1.54, 1.807) is 6.07 Å². The smallest absolute Gasteiger partial charge is 0.123 e. The van der Waals surface area contributed by atoms with Gasteiger partial charge in [0.05, 0.1) is 0 Å². The molecule has 0 saturated carbocycles. The van der Waals surface area contributed by atoms with Gasteiger partial charge in [-0.15, -0.1) is 0 Å². The Bertz CT molecular complexity index is 727. The zero-order valence-corrected chi connectivity index (χ0v) is 11.4. The van der Waals surface area contributed by atoms with E-state index in [1.807, 2.05) is 30.3 Å². The summed E-state index contributed by atoms with van der Waals surface area (Å²) in [5.41, 5.74) is 5.55. The molecular formula is C19H16O. The van der Waals surface area contributed by atoms with Crippen LogP contribution in [-0.4, -0.2) is 5.11 Å². The van der Waals surface area contributed by atoms with Crippen LogP contribution >= 0.6 is 0 Å². The van der Waals surface area contributed by atoms with Gasteiger partial charge in [0.1, 0.15) is 5.75 Å². The first-order valence-electron chi connectivity index (χ1n) is 6.69. The van der Waals surface area contributed by atoms with Gasteiger partial charge in [0.25, 0.3) is 0 Å². The third kappa shape index (κ3) is 2.43. The molecule has 0 spiro atoms. The number of phenolic OH excluding ortho intramolecular Hbond substituents is 1. The zero-order valence-electron chi connectivity index (χ0n) is 11.4. The van der Waals surface area contributed by atoms with Crippen molar-refractivity contribution in [3.8, 4) is 28.0 Å². The van der Waals surface area contributed by atoms with E-state index in [4.69, 9.17) is 0 Å². The van der Waals surface area contributed by atoms with Crippen LogP contribution in [0.1, 0.15) is 5.56 Å². The van der Waals surface area contributed by atoms with Crippen molar-refractivity contribution in [3.63, 3.8) is 0 Å². The Morgan fingerprint density at radius 3 is 2.05 bits per heavy atom. The maximum atomic E-state index is 9.89. The van der Waals surface area contributed by atoms with E-state index in [0.717, 1.165) is 11.1 Å². The van der Waals surface area contributed by atoms with E-state index in [1.165, 1.54) is 16.7 Å². The van der Waals surface area contributed by atoms with E-state index >= 15 is 0 Å². The predicted octanol–water partition coefficient (Wildman–Crippen LogP) is 5.03. The summed E-state index contributed by atoms with van der Waals surface area (Å²) in [6.07, 6.45) is 0. The minimum absolute atomic E-state index is 0.316. The largest absolute Gasteiger partial charge is 0.507 e. The highest BCUT2D eigenvalue weighted by Gasteiger charge is 2.04. The predicted molar refractivity (Wildman–Crippen MR) is 83.7 cm³/mol. The van der Waals surface area contributed by atoms with E-state index in [2.05, 4.69) is 43.3 Å². The Hall–Kier alpha value is -2.54. The molecule has 3 aromatic rings. The standard InChI is InChI=1S/C19H16O/c1-14-5-4-6-17(13-14)15-9-11-16(12-10-15)18-7-2-3-8-19(18)20/h2-13,20H,1H3. The molecule has 0 amide bonds. The zero-order chi connectivity index (χ0) is 13.9. The van der Waals surface area contributed by atoms with Gasteiger partial charge in [0.15, 0.2) is 0 Å². The van der Waals surface area contributed by atoms with E-state index < -0.39 is 0 Å². The first-order valence-corrected chi connectivity index (χ1v) is 6.69. The SMILES string of the molecule is Cc1cccc(-c2ccc(-c3ccccc3O)cc2)c1. The van der Waals surface area contributed by atoms with Crippen LogP contribution in [0.3, 0.4) is 0 Å². The van der Waals surface area contributed by atoms with Crippen LogP contribution in [0.15, 0.2) is 72.8 Å². The van der Waals surface area contributed by atoms with Gasteiger partial charge in [0.2, 0.25) is 0 Å². The van der Waals surface area contributed by atoms with Crippen molar-refractivity contribution in [2.45, 2.75) is 6.92 Å². The van der Waals surface area contributed by atoms with Gasteiger partial charge in [-0.1, -0.05) is 72.3 Å². The number of benzene rings is 3. The van der Waals surface area contributed by atoms with Crippen molar-refractivity contribution in [2.75, 3.05) is 0 Å². The summed E-state index contributed by atoms with van der Waals surface area (Å²) in [6.45, 7) is 2.10. The van der Waals surface area contributed by atoms with E-state index in [9.17, 15) is 5.11 Å². The van der Waals surface area contributed by atoms with Gasteiger partial charge < -0.3 is 5.11 Å². The summed E-state index contributed by atoms with van der Waals surface area (Å²) in [7, 11) is 0. The highest BCUT2D eigenvalue weighted by molar-refractivity contribution is 5.73. The molecule has 3 aromatic carbocycles. The molecule has 0 aromatic heterocycles. The second-order valence-electron chi connectivity index (χ2n) is 4.96. The third-order valence-electron chi connectivity index (χ3n) is 3.45. The van der Waals surface area contributed by atoms with Crippen molar-refractivity contribution in [1.82, 2.24) is 0 Å². The van der Waals surface area contributed by atoms with Gasteiger partial charge in [-0.2, -0.15) is 0 Å². The molecule has 0 radical (unpaired) electrons. The molecule has 98 valence electrons. The second kappa shape index (κ2) is 5.22. The van der Waals surface area contributed by atoms with Gasteiger partial charge >= 0.3 is 0 Å². The Morgan fingerprint density at radius 1 is 0.650 bits per heavy atom. The lowest BCUT2D eigenvalue weighted by Crippen LogP contribution is -1.82. The summed E-state index contributed by atoms with van der Waals surface area (Å²) < 4.78 is 0. The number of para-hydroxylation sites is 1. The highest BCUT2D eigenvalue weighted by atomic mass is 16.3. The molecule has 20 heavy (non-hydrogen) atoms. The van der Waals surface area contributed by atoms with Crippen LogP contribution in [0.4, 0.5) is 0 Å². The van der Waals surface area contributed by atoms with E-state index in [-0.39, 0.29) is 0 Å². The maximum absolute atomic E-state index is 9.89. The van der Waals surface area contributed by atoms with Crippen molar-refractivity contribution in [3.05, 3.63) is 78.4 Å². The molecule has 0 unspecified atom stereocenters. The van der Waals surface area contributed by atoms with Crippen molar-refractivity contribution < 1.29 is 5.11 Å². The van der Waals surface area contributed by atoms with Crippen LogP contribution in [0, 0.1) is 6.92 Å². The average Bonchev–Trinajstić information content (AvgIpc) is 2.48. The van der Waals surface area contributed by atoms with Crippen LogP contribution in [0.2, 0.25) is 0 Å². The molecule has 0 saturated heterocycles. The minimum atomic E-state index is 0.316. The lowest BCUT2D eigenvalue weighted by Gasteiger charge is -2.07. The number of hydrogen-bond acceptors (Lipinski definition) is 1. The summed E-state index contributed by atoms with van der Waals surface area (Å²) in [5, 5.41) is 9.89. The van der Waals surface area contributed by atoms with Crippen LogP contribution in [0.5, 0.6) is 5.75 Å². The highest BCUT2D eigenvalue weighted by Crippen LogP contribution is 2.30. The molecular weight excluding hydrogens is 244 g/mol. The minimum Gasteiger partial charge on any atom is -0.507 e. The quantitative estimate of drug-likeness (QED) is 0.684. The van der Waals surface area contributed by atoms with Crippen LogP contribution in [-0.2, 0) is 0 Å². The van der Waals surface area contributed by atoms with Crippen molar-refractivity contribution in [2.24, 2.45) is 0 Å². The van der Waals surface area contributed by atoms with Gasteiger partial charge in [-0.3, -0.25) is 0 Å². The topological polar surface area (TPSA) is 20.2 Å². The Labute approximate surface area is 119 Å². The number of hydrogen-bond donors (Lipinski definition) is 1. The second-order valence-corrected chi connectivity index (χ2v) is 4.96. The molecule has 0 heterocycles. The lowest BCUT2D eigenvalue weighted by atomic mass is 9.99. The number of phenols is 1. The summed E-state index contributed by atoms with van der Waals surface area (Å²) in [5.74, 6) is 0.316. The molecule has 0 atom stereocenters. The van der Waals surface area contributed by atoms with E-state index in [0.29, 0.717) is 5.75 Å². The molecule has 1 N–H and O–H groups in total. The third-order valence-corrected chi connectivity index (χ3v) is 3.45. The first-order chi connectivity index (χ1) is 9.74. The van der Waals surface area contributed by atoms with Crippen molar-refractivity contribution in [1.29, 1.82) is 0 Å². The first kappa shape index (κ1) is 12.5. The summed E-state index contributed by atoms with van der Waals surface area (Å²) in [4.78, 5) is 0. The monoisotopic (exact) mass is 260 g/mol. The fourth-order valence-electron chi connectivity index (χ4n) is 2.38. The number of rotatable bonds is 2. The van der Waals surface area contributed by atoms with Gasteiger partial charge in [0, 0.05) is 5.56 Å². The summed E-state index contributed by atoms with van der Waals surface area (Å²) >= 11 is 0. The Morgan fingerprint density at radius 2 is 1.35 bits per heavy atom. The molecule has 0 aliphatic heterocycles. The Kier molecular flexibility index (Phi) is 3.26. The number of aromatic hydroxyl groups is 1. The lowest BCUT2D eigenvalue weighted by molar-refractivity contribution is 0.477. The molecule has 0 bridgehead atoms. The normalized spacial score (nSPS) is 10.4. The fraction of sp³-hybridized carbons (Fsp3) is 0.0526. The summed E-state index contributed by atoms with van der Waals surface area (Å²) in [6, 6.07) is 24.1. The average molecular weight is 260 g/mol. The van der Waals surface area contributed by atoms with Gasteiger partial charge in [-0.25, -0.2) is 0 Å². The molecule has 3 rings (SSSR count). The molecule has 1 nitrogen and oxygen atoms in total. The molecule has 1 heteroatoms. The molecule has 0 aliphatic rings. The van der Waals surface area contributed by atoms with Gasteiger partial charge in [-0.05, 0) is 29.7 Å². The molecule has 0 aliphatic carbocycles. The van der Waals surface area contributed by atoms with Crippen LogP contribution < -0.4 is 0 Å². The molecule has 0 fully saturated rings.